The summed E-state index contributed by atoms with van der Waals surface area (Å²) < 4.78 is 2.43. The highest BCUT2D eigenvalue weighted by Gasteiger charge is 2.35. The average Bonchev–Trinajstić information content (AvgIpc) is 3.56. The van der Waals surface area contributed by atoms with Crippen molar-refractivity contribution < 1.29 is 0 Å². The molecule has 0 N–H and O–H groups in total. The number of hydrogen-bond donors (Lipinski definition) is 0. The number of thioether (sulfide) groups is 4. The van der Waals surface area contributed by atoms with Crippen molar-refractivity contribution in [2.45, 2.75) is 59.1 Å². The molecule has 0 saturated heterocycles. The molecule has 0 bridgehead atoms. The van der Waals surface area contributed by atoms with Gasteiger partial charge in [0.25, 0.3) is 0 Å². The summed E-state index contributed by atoms with van der Waals surface area (Å²) in [6, 6.07) is 17.3. The second kappa shape index (κ2) is 9.51. The second-order valence-corrected chi connectivity index (χ2v) is 15.6. The van der Waals surface area contributed by atoms with Gasteiger partial charge in [-0.05, 0) is 70.3 Å². The zero-order valence-corrected chi connectivity index (χ0v) is 25.6. The molecule has 4 nitrogen and oxygen atoms in total. The molecule has 0 amide bonds. The minimum Gasteiger partial charge on any atom is -0.237 e. The van der Waals surface area contributed by atoms with Gasteiger partial charge < -0.3 is 0 Å². The molecule has 0 spiro atoms. The summed E-state index contributed by atoms with van der Waals surface area (Å²) in [7, 11) is 0. The molecule has 2 aliphatic heterocycles. The van der Waals surface area contributed by atoms with Crippen LogP contribution in [0.15, 0.2) is 89.8 Å². The van der Waals surface area contributed by atoms with Crippen molar-refractivity contribution in [1.82, 2.24) is 19.9 Å². The molecule has 1 aliphatic carbocycles. The number of hydrogen-bond acceptors (Lipinski definition) is 8. The van der Waals surface area contributed by atoms with Gasteiger partial charge in [-0.1, -0.05) is 98.2 Å². The summed E-state index contributed by atoms with van der Waals surface area (Å²) in [4.78, 5) is 20.2. The number of fused-ring (bicyclic) bond motifs is 6. The van der Waals surface area contributed by atoms with Gasteiger partial charge in [0.05, 0.1) is 30.5 Å². The zero-order valence-electron chi connectivity index (χ0n) is 22.3. The van der Waals surface area contributed by atoms with Gasteiger partial charge >= 0.3 is 0 Å². The van der Waals surface area contributed by atoms with Crippen molar-refractivity contribution in [3.63, 3.8) is 0 Å². The lowest BCUT2D eigenvalue weighted by atomic mass is 9.67. The predicted octanol–water partition coefficient (Wildman–Crippen LogP) is 10.00. The molecule has 40 heavy (non-hydrogen) atoms. The Balaban J connectivity index is 1.14. The molecular formula is C32H26N4S4. The summed E-state index contributed by atoms with van der Waals surface area (Å²) in [5.74, 6) is 2.16. The van der Waals surface area contributed by atoms with Crippen LogP contribution in [0.4, 0.5) is 0 Å². The molecule has 0 fully saturated rings. The largest absolute Gasteiger partial charge is 0.237 e. The second-order valence-electron chi connectivity index (χ2n) is 11.1. The van der Waals surface area contributed by atoms with Gasteiger partial charge in [0.1, 0.15) is 20.1 Å². The van der Waals surface area contributed by atoms with Crippen LogP contribution in [0.5, 0.6) is 0 Å². The molecule has 8 rings (SSSR count). The van der Waals surface area contributed by atoms with E-state index < -0.39 is 0 Å². The molecule has 2 aromatic heterocycles. The van der Waals surface area contributed by atoms with E-state index in [2.05, 4.69) is 82.0 Å². The van der Waals surface area contributed by atoms with Crippen LogP contribution in [0.2, 0.25) is 0 Å². The van der Waals surface area contributed by atoms with Crippen molar-refractivity contribution >= 4 is 79.9 Å². The predicted molar refractivity (Wildman–Crippen MR) is 171 cm³/mol. The number of allylic oxidation sites excluding steroid dienone is 1. The lowest BCUT2D eigenvalue weighted by Gasteiger charge is -2.38. The lowest BCUT2D eigenvalue weighted by Crippen LogP contribution is -2.25. The summed E-state index contributed by atoms with van der Waals surface area (Å²) in [6.45, 7) is 11.2. The maximum absolute atomic E-state index is 5.14. The minimum absolute atomic E-state index is 0.371. The van der Waals surface area contributed by atoms with Crippen LogP contribution >= 0.6 is 47.0 Å². The normalized spacial score (nSPS) is 21.9. The first kappa shape index (κ1) is 25.2. The fourth-order valence-electron chi connectivity index (χ4n) is 6.28. The first-order valence-corrected chi connectivity index (χ1v) is 16.9. The molecule has 0 radical (unpaired) electrons. The maximum Gasteiger partial charge on any atom is 0.135 e. The Morgan fingerprint density at radius 1 is 0.725 bits per heavy atom. The number of nitrogens with zero attached hydrogens (tertiary/aromatic N) is 4. The molecule has 5 aromatic rings. The SMILES string of the molecule is C=CC1CC(C(C)C)C(C)c2cc3nc4c(nc3cc21)SC(=C1Sc2nc3cc5ccccc5cc3nc2S1)S4. The highest BCUT2D eigenvalue weighted by atomic mass is 32.2. The number of benzene rings is 3. The van der Waals surface area contributed by atoms with Crippen LogP contribution in [-0.2, 0) is 0 Å². The van der Waals surface area contributed by atoms with Crippen LogP contribution < -0.4 is 0 Å². The van der Waals surface area contributed by atoms with Crippen LogP contribution in [0.25, 0.3) is 32.8 Å². The fraction of sp³-hybridized carbons (Fsp3) is 0.250. The third-order valence-corrected chi connectivity index (χ3v) is 13.6. The standard InChI is InChI=1S/C32H26N4S4/c1-5-17-10-20(15(2)3)16(4)21-13-25-26(14-22(17)21)36-30-29(35-25)39-32(40-30)31-37-27-28(38-31)34-24-12-19-9-7-6-8-18(19)11-23(24)33-27/h5-9,11-17,20H,1,10H2,2-4H3. The van der Waals surface area contributed by atoms with E-state index in [-0.39, 0.29) is 0 Å². The monoisotopic (exact) mass is 594 g/mol. The summed E-state index contributed by atoms with van der Waals surface area (Å²) >= 11 is 6.89. The van der Waals surface area contributed by atoms with Crippen molar-refractivity contribution in [3.8, 4) is 0 Å². The van der Waals surface area contributed by atoms with E-state index in [0.29, 0.717) is 23.7 Å². The number of aromatic nitrogens is 4. The Labute approximate surface area is 250 Å². The third-order valence-electron chi connectivity index (χ3n) is 8.40. The maximum atomic E-state index is 5.14. The Kier molecular flexibility index (Phi) is 6.00. The summed E-state index contributed by atoms with van der Waals surface area (Å²) in [5.41, 5.74) is 6.65. The molecule has 0 saturated carbocycles. The first-order chi connectivity index (χ1) is 19.4. The van der Waals surface area contributed by atoms with Crippen LogP contribution in [-0.4, -0.2) is 19.9 Å². The van der Waals surface area contributed by atoms with Gasteiger partial charge in [0.2, 0.25) is 0 Å². The molecule has 3 aliphatic rings. The van der Waals surface area contributed by atoms with Crippen molar-refractivity contribution in [2.75, 3.05) is 0 Å². The minimum atomic E-state index is 0.371. The van der Waals surface area contributed by atoms with Crippen LogP contribution in [0, 0.1) is 11.8 Å². The highest BCUT2D eigenvalue weighted by Crippen LogP contribution is 2.60. The topological polar surface area (TPSA) is 51.6 Å². The van der Waals surface area contributed by atoms with E-state index in [1.54, 1.807) is 47.0 Å². The molecule has 8 heteroatoms. The van der Waals surface area contributed by atoms with Gasteiger partial charge in [-0.3, -0.25) is 0 Å². The molecule has 3 aromatic carbocycles. The lowest BCUT2D eigenvalue weighted by molar-refractivity contribution is 0.283. The molecule has 4 heterocycles. The van der Waals surface area contributed by atoms with Gasteiger partial charge in [-0.15, -0.1) is 6.58 Å². The Hall–Kier alpha value is -2.52. The van der Waals surface area contributed by atoms with E-state index in [1.165, 1.54) is 30.4 Å². The first-order valence-electron chi connectivity index (χ1n) is 13.6. The molecule has 3 atom stereocenters. The van der Waals surface area contributed by atoms with E-state index in [9.17, 15) is 0 Å². The van der Waals surface area contributed by atoms with Gasteiger partial charge in [-0.25, -0.2) is 19.9 Å². The van der Waals surface area contributed by atoms with Crippen molar-refractivity contribution in [3.05, 3.63) is 80.8 Å². The summed E-state index contributed by atoms with van der Waals surface area (Å²) in [5, 5.41) is 6.34. The van der Waals surface area contributed by atoms with Crippen LogP contribution in [0.1, 0.15) is 50.2 Å². The fourth-order valence-corrected chi connectivity index (χ4v) is 11.2. The molecule has 198 valence electrons. The van der Waals surface area contributed by atoms with E-state index in [0.717, 1.165) is 48.6 Å². The van der Waals surface area contributed by atoms with Crippen molar-refractivity contribution in [2.24, 2.45) is 11.8 Å². The smallest absolute Gasteiger partial charge is 0.135 e. The quantitative estimate of drug-likeness (QED) is 0.148. The van der Waals surface area contributed by atoms with Gasteiger partial charge in [0, 0.05) is 5.92 Å². The van der Waals surface area contributed by atoms with Gasteiger partial charge in [-0.2, -0.15) is 0 Å². The Morgan fingerprint density at radius 2 is 1.18 bits per heavy atom. The van der Waals surface area contributed by atoms with E-state index in [4.69, 9.17) is 19.9 Å². The van der Waals surface area contributed by atoms with E-state index >= 15 is 0 Å². The highest BCUT2D eigenvalue weighted by molar-refractivity contribution is 8.30. The summed E-state index contributed by atoms with van der Waals surface area (Å²) in [6.07, 6.45) is 3.28. The Morgan fingerprint density at radius 3 is 1.62 bits per heavy atom. The third kappa shape index (κ3) is 4.02. The zero-order chi connectivity index (χ0) is 27.1. The molecule has 3 unspecified atom stereocenters. The van der Waals surface area contributed by atoms with Gasteiger partial charge in [0.15, 0.2) is 0 Å². The van der Waals surface area contributed by atoms with E-state index in [1.807, 2.05) is 0 Å². The number of rotatable bonds is 2. The average molecular weight is 595 g/mol. The Bertz CT molecular complexity index is 1870. The molecular weight excluding hydrogens is 569 g/mol. The van der Waals surface area contributed by atoms with Crippen LogP contribution in [0.3, 0.4) is 0 Å². The van der Waals surface area contributed by atoms with Crippen molar-refractivity contribution in [1.29, 1.82) is 0 Å².